The molecule has 0 bridgehead atoms. The summed E-state index contributed by atoms with van der Waals surface area (Å²) in [6.45, 7) is 5.91. The SMILES string of the molecule is CC(=O)N[C@]1(O)[C@@H](CC(=O)NS(=O)(=O)NOC[C@H]2O[C@@H](n3ccc(=O)[nH]c3=O)[C@@H]3OC(C)(C)O[C@@H]32)O[C@H](COC(C)=O)[C@@H](OC(C)=O)[C@@H]1OC(C)=O. The van der Waals surface area contributed by atoms with E-state index in [2.05, 4.69) is 10.3 Å². The van der Waals surface area contributed by atoms with Gasteiger partial charge in [-0.05, 0) is 13.8 Å². The van der Waals surface area contributed by atoms with Gasteiger partial charge in [0.15, 0.2) is 24.2 Å². The minimum atomic E-state index is -4.84. The molecule has 24 heteroatoms. The number of aromatic amines is 1. The Labute approximate surface area is 294 Å². The molecule has 3 aliphatic heterocycles. The summed E-state index contributed by atoms with van der Waals surface area (Å²) < 4.78 is 67.0. The van der Waals surface area contributed by atoms with Gasteiger partial charge in [-0.1, -0.05) is 4.89 Å². The van der Waals surface area contributed by atoms with Gasteiger partial charge in [0.2, 0.25) is 17.5 Å². The minimum absolute atomic E-state index is 0.544. The lowest BCUT2D eigenvalue weighted by Crippen LogP contribution is -2.75. The zero-order valence-electron chi connectivity index (χ0n) is 28.6. The van der Waals surface area contributed by atoms with Crippen LogP contribution >= 0.6 is 0 Å². The summed E-state index contributed by atoms with van der Waals surface area (Å²) in [6.07, 6.45) is -10.9. The van der Waals surface area contributed by atoms with Crippen molar-refractivity contribution < 1.29 is 75.5 Å². The minimum Gasteiger partial charge on any atom is -0.463 e. The number of aromatic nitrogens is 2. The lowest BCUT2D eigenvalue weighted by Gasteiger charge is -2.50. The summed E-state index contributed by atoms with van der Waals surface area (Å²) in [6, 6.07) is 1.09. The van der Waals surface area contributed by atoms with Gasteiger partial charge in [-0.15, -0.1) is 0 Å². The first kappa shape index (κ1) is 40.5. The Kier molecular flexibility index (Phi) is 12.3. The Hall–Kier alpha value is -4.30. The monoisotopic (exact) mass is 765 g/mol. The number of fused-ring (bicyclic) bond motifs is 1. The van der Waals surface area contributed by atoms with E-state index in [-0.39, 0.29) is 0 Å². The number of carbonyl (C=O) groups is 5. The molecule has 2 amide bonds. The Morgan fingerprint density at radius 3 is 2.19 bits per heavy atom. The molecule has 0 spiro atoms. The number of carbonyl (C=O) groups excluding carboxylic acids is 5. The zero-order valence-corrected chi connectivity index (χ0v) is 29.5. The molecule has 0 radical (unpaired) electrons. The molecule has 3 fully saturated rings. The first-order valence-corrected chi connectivity index (χ1v) is 17.0. The number of amides is 2. The molecule has 23 nitrogen and oxygen atoms in total. The summed E-state index contributed by atoms with van der Waals surface area (Å²) in [5.74, 6) is -6.21. The lowest BCUT2D eigenvalue weighted by atomic mass is 9.86. The molecule has 52 heavy (non-hydrogen) atoms. The molecule has 4 rings (SSSR count). The average molecular weight is 766 g/mol. The molecule has 290 valence electrons. The quantitative estimate of drug-likeness (QED) is 0.0557. The van der Waals surface area contributed by atoms with Crippen LogP contribution in [0.5, 0.6) is 0 Å². The molecule has 9 atom stereocenters. The normalized spacial score (nSPS) is 30.8. The number of hydrogen-bond donors (Lipinski definition) is 5. The Morgan fingerprint density at radius 2 is 1.60 bits per heavy atom. The van der Waals surface area contributed by atoms with Crippen LogP contribution in [0.3, 0.4) is 0 Å². The van der Waals surface area contributed by atoms with E-state index in [1.54, 1.807) is 23.5 Å². The van der Waals surface area contributed by atoms with Crippen LogP contribution in [0.4, 0.5) is 0 Å². The van der Waals surface area contributed by atoms with Crippen molar-refractivity contribution in [1.82, 2.24) is 24.5 Å². The maximum atomic E-state index is 13.1. The van der Waals surface area contributed by atoms with Crippen molar-refractivity contribution in [2.75, 3.05) is 13.2 Å². The third-order valence-electron chi connectivity index (χ3n) is 7.64. The zero-order chi connectivity index (χ0) is 38.8. The predicted molar refractivity (Wildman–Crippen MR) is 165 cm³/mol. The first-order valence-electron chi connectivity index (χ1n) is 15.5. The van der Waals surface area contributed by atoms with E-state index in [4.69, 9.17) is 38.0 Å². The fraction of sp³-hybridized carbons (Fsp3) is 0.679. The molecule has 1 aromatic heterocycles. The molecule has 4 heterocycles. The number of nitrogens with zero attached hydrogens (tertiary/aromatic N) is 1. The van der Waals surface area contributed by atoms with Gasteiger partial charge in [0, 0.05) is 40.0 Å². The maximum absolute atomic E-state index is 13.1. The van der Waals surface area contributed by atoms with Crippen molar-refractivity contribution in [3.8, 4) is 0 Å². The van der Waals surface area contributed by atoms with Gasteiger partial charge in [0.1, 0.15) is 37.1 Å². The maximum Gasteiger partial charge on any atom is 0.330 e. The smallest absolute Gasteiger partial charge is 0.330 e. The highest BCUT2D eigenvalue weighted by Crippen LogP contribution is 2.42. The topological polar surface area (TPSA) is 305 Å². The van der Waals surface area contributed by atoms with Gasteiger partial charge in [-0.2, -0.15) is 8.42 Å². The van der Waals surface area contributed by atoms with E-state index < -0.39 is 131 Å². The standard InChI is InChI=1S/C28H39N5O18S/c1-12(34)30-28(41)18(48-16(10-44-13(2)35)22(46-14(3)36)24(28)47-15(4)37)9-20(39)31-52(42,43)32-45-11-17-21-23(51-27(5,6)50-21)25(49-17)33-8-7-19(38)29-26(33)40/h7-8,16-18,21-25,32,41H,9-11H2,1-6H3,(H,30,34)(H,31,39)(H,29,38,40)/t16-,17-,18-,21-,22-,23-,24+,25-,28+/m1/s1. The second kappa shape index (κ2) is 15.7. The largest absolute Gasteiger partial charge is 0.463 e. The van der Waals surface area contributed by atoms with Gasteiger partial charge >= 0.3 is 33.8 Å². The van der Waals surface area contributed by atoms with Crippen molar-refractivity contribution in [2.45, 2.75) is 108 Å². The number of aliphatic hydroxyl groups is 1. The van der Waals surface area contributed by atoms with Gasteiger partial charge < -0.3 is 43.6 Å². The predicted octanol–water partition coefficient (Wildman–Crippen LogP) is -3.75. The fourth-order valence-corrected chi connectivity index (χ4v) is 6.52. The van der Waals surface area contributed by atoms with Gasteiger partial charge in [0.25, 0.3) is 5.56 Å². The van der Waals surface area contributed by atoms with Crippen LogP contribution in [0, 0.1) is 0 Å². The van der Waals surface area contributed by atoms with Crippen molar-refractivity contribution in [1.29, 1.82) is 0 Å². The third kappa shape index (κ3) is 9.77. The molecular formula is C28H39N5O18S. The number of hydrogen-bond acceptors (Lipinski definition) is 18. The van der Waals surface area contributed by atoms with E-state index >= 15 is 0 Å². The van der Waals surface area contributed by atoms with Crippen LogP contribution in [-0.4, -0.2) is 120 Å². The average Bonchev–Trinajstić information content (AvgIpc) is 3.47. The van der Waals surface area contributed by atoms with E-state index in [1.807, 2.05) is 0 Å². The van der Waals surface area contributed by atoms with Gasteiger partial charge in [-0.3, -0.25) is 43.2 Å². The van der Waals surface area contributed by atoms with Crippen molar-refractivity contribution >= 4 is 39.9 Å². The second-order valence-corrected chi connectivity index (χ2v) is 13.7. The van der Waals surface area contributed by atoms with Crippen molar-refractivity contribution in [3.05, 3.63) is 33.1 Å². The molecular weight excluding hydrogens is 726 g/mol. The van der Waals surface area contributed by atoms with E-state index in [1.165, 1.54) is 6.20 Å². The molecule has 0 aromatic carbocycles. The summed E-state index contributed by atoms with van der Waals surface area (Å²) in [4.78, 5) is 93.7. The Morgan fingerprint density at radius 1 is 0.942 bits per heavy atom. The number of nitrogens with one attached hydrogen (secondary N) is 4. The first-order chi connectivity index (χ1) is 24.1. The molecule has 0 saturated carbocycles. The number of H-pyrrole nitrogens is 1. The molecule has 3 saturated heterocycles. The van der Waals surface area contributed by atoms with E-state index in [0.29, 0.717) is 0 Å². The summed E-state index contributed by atoms with van der Waals surface area (Å²) in [7, 11) is -4.84. The Bertz CT molecular complexity index is 1780. The molecule has 1 aromatic rings. The van der Waals surface area contributed by atoms with Crippen molar-refractivity contribution in [2.24, 2.45) is 0 Å². The summed E-state index contributed by atoms with van der Waals surface area (Å²) >= 11 is 0. The van der Waals surface area contributed by atoms with Crippen LogP contribution in [-0.2, 0) is 72.2 Å². The van der Waals surface area contributed by atoms with E-state index in [9.17, 15) is 47.1 Å². The summed E-state index contributed by atoms with van der Waals surface area (Å²) in [5.41, 5.74) is -4.27. The number of esters is 3. The van der Waals surface area contributed by atoms with Crippen molar-refractivity contribution in [3.63, 3.8) is 0 Å². The van der Waals surface area contributed by atoms with E-state index in [0.717, 1.165) is 38.3 Å². The highest BCUT2D eigenvalue weighted by atomic mass is 32.2. The highest BCUT2D eigenvalue weighted by molar-refractivity contribution is 7.87. The molecule has 3 aliphatic rings. The van der Waals surface area contributed by atoms with Crippen LogP contribution in [0.25, 0.3) is 0 Å². The number of ether oxygens (including phenoxy) is 7. The van der Waals surface area contributed by atoms with Gasteiger partial charge in [0.05, 0.1) is 13.0 Å². The summed E-state index contributed by atoms with van der Waals surface area (Å²) in [5, 5.41) is 13.8. The van der Waals surface area contributed by atoms with Gasteiger partial charge in [-0.25, -0.2) is 9.52 Å². The van der Waals surface area contributed by atoms with Crippen LogP contribution in [0.15, 0.2) is 21.9 Å². The Balaban J connectivity index is 1.47. The molecule has 0 aliphatic carbocycles. The highest BCUT2D eigenvalue weighted by Gasteiger charge is 2.61. The number of rotatable bonds is 13. The fourth-order valence-electron chi connectivity index (χ4n) is 5.88. The van der Waals surface area contributed by atoms with Crippen LogP contribution < -0.4 is 26.2 Å². The lowest BCUT2D eigenvalue weighted by molar-refractivity contribution is -0.290. The second-order valence-electron chi connectivity index (χ2n) is 12.4. The van der Waals surface area contributed by atoms with Crippen LogP contribution in [0.1, 0.15) is 54.2 Å². The van der Waals surface area contributed by atoms with Crippen LogP contribution in [0.2, 0.25) is 0 Å². The molecule has 0 unspecified atom stereocenters. The molecule has 5 N–H and O–H groups in total. The third-order valence-corrected chi connectivity index (χ3v) is 8.47.